The van der Waals surface area contributed by atoms with Gasteiger partial charge in [-0.2, -0.15) is 0 Å². The van der Waals surface area contributed by atoms with Gasteiger partial charge in [0.25, 0.3) is 5.91 Å². The Labute approximate surface area is 230 Å². The Morgan fingerprint density at radius 3 is 1.90 bits per heavy atom. The van der Waals surface area contributed by atoms with Gasteiger partial charge in [0.15, 0.2) is 5.82 Å². The topological polar surface area (TPSA) is 92.2 Å². The van der Waals surface area contributed by atoms with E-state index < -0.39 is 17.9 Å². The Morgan fingerprint density at radius 1 is 0.795 bits per heavy atom. The molecule has 6 nitrogen and oxygen atoms in total. The lowest BCUT2D eigenvalue weighted by Gasteiger charge is -2.19. The number of carbonyl (C=O) groups is 2. The van der Waals surface area contributed by atoms with E-state index in [1.54, 1.807) is 12.1 Å². The average Bonchev–Trinajstić information content (AvgIpc) is 2.93. The van der Waals surface area contributed by atoms with Gasteiger partial charge in [-0.05, 0) is 46.2 Å². The largest absolute Gasteiger partial charge is 0.480 e. The highest BCUT2D eigenvalue weighted by Gasteiger charge is 2.22. The van der Waals surface area contributed by atoms with Crippen LogP contribution >= 0.6 is 0 Å². The van der Waals surface area contributed by atoms with Crippen LogP contribution in [0.4, 0.5) is 0 Å². The number of carbonyl (C=O) groups excluding carboxylic acids is 1. The van der Waals surface area contributed by atoms with Crippen LogP contribution in [-0.2, 0) is 23.1 Å². The number of rotatable bonds is 9. The zero-order valence-electron chi connectivity index (χ0n) is 22.9. The monoisotopic (exact) mass is 521 g/mol. The predicted octanol–water partition coefficient (Wildman–Crippen LogP) is 6.49. The first kappa shape index (κ1) is 27.7. The SMILES string of the molecule is CCCc1ccc(-c2cnc(-c3ccc(C[C@H](NC(=O)c4ccc(C(C)(C)C)cc4)C(=O)O)cc3)nc2)cc1. The second-order valence-corrected chi connectivity index (χ2v) is 10.8. The normalized spacial score (nSPS) is 12.1. The van der Waals surface area contributed by atoms with Gasteiger partial charge in [0.05, 0.1) is 0 Å². The summed E-state index contributed by atoms with van der Waals surface area (Å²) < 4.78 is 0. The van der Waals surface area contributed by atoms with Gasteiger partial charge in [0.1, 0.15) is 6.04 Å². The van der Waals surface area contributed by atoms with Crippen molar-refractivity contribution in [2.45, 2.75) is 58.4 Å². The quantitative estimate of drug-likeness (QED) is 0.263. The Bertz CT molecular complexity index is 1400. The second kappa shape index (κ2) is 12.0. The van der Waals surface area contributed by atoms with Gasteiger partial charge in [-0.15, -0.1) is 0 Å². The van der Waals surface area contributed by atoms with E-state index in [0.717, 1.165) is 40.7 Å². The molecule has 2 N–H and O–H groups in total. The van der Waals surface area contributed by atoms with Gasteiger partial charge in [-0.1, -0.05) is 94.8 Å². The summed E-state index contributed by atoms with van der Waals surface area (Å²) in [5.41, 5.74) is 6.47. The molecule has 0 saturated heterocycles. The van der Waals surface area contributed by atoms with Crippen molar-refractivity contribution in [1.29, 1.82) is 0 Å². The van der Waals surface area contributed by atoms with Crippen LogP contribution < -0.4 is 5.32 Å². The Kier molecular flexibility index (Phi) is 8.55. The first-order valence-corrected chi connectivity index (χ1v) is 13.3. The lowest BCUT2D eigenvalue weighted by molar-refractivity contribution is -0.139. The Balaban J connectivity index is 1.40. The number of aryl methyl sites for hydroxylation is 1. The molecule has 1 aromatic heterocycles. The van der Waals surface area contributed by atoms with E-state index >= 15 is 0 Å². The first-order chi connectivity index (χ1) is 18.6. The van der Waals surface area contributed by atoms with Crippen LogP contribution in [0.3, 0.4) is 0 Å². The average molecular weight is 522 g/mol. The fourth-order valence-corrected chi connectivity index (χ4v) is 4.37. The third-order valence-electron chi connectivity index (χ3n) is 6.75. The molecule has 4 aromatic rings. The maximum Gasteiger partial charge on any atom is 0.326 e. The van der Waals surface area contributed by atoms with Crippen molar-refractivity contribution >= 4 is 11.9 Å². The number of benzene rings is 3. The summed E-state index contributed by atoms with van der Waals surface area (Å²) in [7, 11) is 0. The molecule has 39 heavy (non-hydrogen) atoms. The number of nitrogens with one attached hydrogen (secondary N) is 1. The van der Waals surface area contributed by atoms with Crippen LogP contribution in [0.15, 0.2) is 85.2 Å². The minimum atomic E-state index is -1.08. The standard InChI is InChI=1S/C33H35N3O3/c1-5-6-22-7-11-24(12-8-22)27-20-34-30(35-21-27)25-13-9-23(10-14-25)19-29(32(38)39)36-31(37)26-15-17-28(18-16-26)33(2,3)4/h7-18,20-21,29H,5-6,19H2,1-4H3,(H,36,37)(H,38,39)/t29-/m0/s1. The van der Waals surface area contributed by atoms with Crippen LogP contribution in [0.2, 0.25) is 0 Å². The van der Waals surface area contributed by atoms with Gasteiger partial charge in [-0.25, -0.2) is 14.8 Å². The van der Waals surface area contributed by atoms with Crippen LogP contribution in [0.1, 0.15) is 61.2 Å². The number of carboxylic acid groups (broad SMARTS) is 1. The van der Waals surface area contributed by atoms with Crippen molar-refractivity contribution in [3.63, 3.8) is 0 Å². The van der Waals surface area contributed by atoms with E-state index in [1.165, 1.54) is 5.56 Å². The third-order valence-corrected chi connectivity index (χ3v) is 6.75. The molecule has 0 spiro atoms. The summed E-state index contributed by atoms with van der Waals surface area (Å²) in [4.78, 5) is 33.7. The lowest BCUT2D eigenvalue weighted by atomic mass is 9.86. The minimum absolute atomic E-state index is 0.0296. The maximum absolute atomic E-state index is 12.7. The van der Waals surface area contributed by atoms with Crippen LogP contribution in [0.25, 0.3) is 22.5 Å². The van der Waals surface area contributed by atoms with Crippen LogP contribution in [0.5, 0.6) is 0 Å². The van der Waals surface area contributed by atoms with Gasteiger partial charge >= 0.3 is 5.97 Å². The summed E-state index contributed by atoms with van der Waals surface area (Å²) in [6, 6.07) is 22.1. The molecule has 6 heteroatoms. The van der Waals surface area contributed by atoms with Gasteiger partial charge < -0.3 is 10.4 Å². The molecule has 0 aliphatic heterocycles. The molecule has 0 radical (unpaired) electrons. The summed E-state index contributed by atoms with van der Waals surface area (Å²) in [5, 5.41) is 12.4. The highest BCUT2D eigenvalue weighted by atomic mass is 16.4. The molecule has 3 aromatic carbocycles. The third kappa shape index (κ3) is 7.17. The molecule has 4 rings (SSSR count). The smallest absolute Gasteiger partial charge is 0.326 e. The zero-order valence-corrected chi connectivity index (χ0v) is 22.9. The van der Waals surface area contributed by atoms with E-state index in [0.29, 0.717) is 11.4 Å². The molecule has 0 fully saturated rings. The van der Waals surface area contributed by atoms with Crippen molar-refractivity contribution in [2.24, 2.45) is 0 Å². The van der Waals surface area contributed by atoms with E-state index in [1.807, 2.05) is 48.8 Å². The molecular formula is C33H35N3O3. The van der Waals surface area contributed by atoms with Crippen LogP contribution in [-0.4, -0.2) is 33.0 Å². The van der Waals surface area contributed by atoms with E-state index in [2.05, 4.69) is 67.2 Å². The molecule has 1 heterocycles. The molecule has 0 aliphatic rings. The maximum atomic E-state index is 12.7. The molecule has 1 atom stereocenters. The molecule has 200 valence electrons. The number of hydrogen-bond donors (Lipinski definition) is 2. The predicted molar refractivity (Wildman–Crippen MR) is 155 cm³/mol. The highest BCUT2D eigenvalue weighted by molar-refractivity contribution is 5.96. The Morgan fingerprint density at radius 2 is 1.36 bits per heavy atom. The fourth-order valence-electron chi connectivity index (χ4n) is 4.37. The number of aliphatic carboxylic acids is 1. The molecule has 1 amide bonds. The molecular weight excluding hydrogens is 486 g/mol. The van der Waals surface area contributed by atoms with Crippen molar-refractivity contribution in [2.75, 3.05) is 0 Å². The van der Waals surface area contributed by atoms with E-state index in [4.69, 9.17) is 0 Å². The molecule has 0 unspecified atom stereocenters. The van der Waals surface area contributed by atoms with E-state index in [9.17, 15) is 14.7 Å². The lowest BCUT2D eigenvalue weighted by Crippen LogP contribution is -2.42. The molecule has 0 aliphatic carbocycles. The number of hydrogen-bond acceptors (Lipinski definition) is 4. The number of amides is 1. The van der Waals surface area contributed by atoms with Gasteiger partial charge in [0, 0.05) is 35.5 Å². The van der Waals surface area contributed by atoms with E-state index in [-0.39, 0.29) is 11.8 Å². The molecule has 0 saturated carbocycles. The van der Waals surface area contributed by atoms with Crippen molar-refractivity contribution in [3.05, 3.63) is 107 Å². The summed E-state index contributed by atoms with van der Waals surface area (Å²) in [6.45, 7) is 8.47. The fraction of sp³-hybridized carbons (Fsp3) is 0.273. The molecule has 0 bridgehead atoms. The summed E-state index contributed by atoms with van der Waals surface area (Å²) >= 11 is 0. The number of nitrogens with zero attached hydrogens (tertiary/aromatic N) is 2. The van der Waals surface area contributed by atoms with Gasteiger partial charge in [-0.3, -0.25) is 4.79 Å². The first-order valence-electron chi connectivity index (χ1n) is 13.3. The van der Waals surface area contributed by atoms with Crippen molar-refractivity contribution in [1.82, 2.24) is 15.3 Å². The van der Waals surface area contributed by atoms with Crippen molar-refractivity contribution < 1.29 is 14.7 Å². The zero-order chi connectivity index (χ0) is 28.0. The second-order valence-electron chi connectivity index (χ2n) is 10.8. The van der Waals surface area contributed by atoms with Gasteiger partial charge in [0.2, 0.25) is 0 Å². The highest BCUT2D eigenvalue weighted by Crippen LogP contribution is 2.23. The Hall–Kier alpha value is -4.32. The van der Waals surface area contributed by atoms with Crippen LogP contribution in [0, 0.1) is 0 Å². The number of carboxylic acids is 1. The minimum Gasteiger partial charge on any atom is -0.480 e. The summed E-state index contributed by atoms with van der Waals surface area (Å²) in [6.07, 6.45) is 5.98. The number of aromatic nitrogens is 2. The van der Waals surface area contributed by atoms with Crippen molar-refractivity contribution in [3.8, 4) is 22.5 Å². The summed E-state index contributed by atoms with van der Waals surface area (Å²) in [5.74, 6) is -0.900.